The summed E-state index contributed by atoms with van der Waals surface area (Å²) in [5, 5.41) is 8.90. The van der Waals surface area contributed by atoms with Crippen molar-refractivity contribution in [3.8, 4) is 0 Å². The molecule has 4 atom stereocenters. The summed E-state index contributed by atoms with van der Waals surface area (Å²) >= 11 is 0. The summed E-state index contributed by atoms with van der Waals surface area (Å²) in [7, 11) is 0. The smallest absolute Gasteiger partial charge is 0.328 e. The van der Waals surface area contributed by atoms with Gasteiger partial charge in [0.1, 0.15) is 0 Å². The molecule has 2 aliphatic carbocycles. The molecule has 2 rings (SSSR count). The monoisotopic (exact) mass is 302 g/mol. The summed E-state index contributed by atoms with van der Waals surface area (Å²) in [5.41, 5.74) is 2.70. The Morgan fingerprint density at radius 2 is 2.18 bits per heavy atom. The van der Waals surface area contributed by atoms with Gasteiger partial charge in [-0.25, -0.2) is 4.79 Å². The van der Waals surface area contributed by atoms with Gasteiger partial charge in [0.15, 0.2) is 0 Å². The normalized spacial score (nSPS) is 38.7. The highest BCUT2D eigenvalue weighted by molar-refractivity contribution is 5.80. The Labute approximate surface area is 135 Å². The molecule has 0 aromatic carbocycles. The number of hydrogen-bond donors (Lipinski definition) is 1. The van der Waals surface area contributed by atoms with E-state index in [0.29, 0.717) is 11.8 Å². The molecule has 2 aliphatic rings. The number of fused-ring (bicyclic) bond motifs is 1. The second kappa shape index (κ2) is 6.06. The van der Waals surface area contributed by atoms with Crippen molar-refractivity contribution < 1.29 is 9.90 Å². The Balaban J connectivity index is 2.24. The van der Waals surface area contributed by atoms with E-state index in [1.165, 1.54) is 24.5 Å². The third-order valence-electron chi connectivity index (χ3n) is 6.64. The van der Waals surface area contributed by atoms with Crippen LogP contribution < -0.4 is 0 Å². The highest BCUT2D eigenvalue weighted by atomic mass is 16.4. The molecular weight excluding hydrogens is 272 g/mol. The molecule has 122 valence electrons. The fourth-order valence-corrected chi connectivity index (χ4v) is 4.71. The van der Waals surface area contributed by atoms with Crippen molar-refractivity contribution >= 4 is 5.97 Å². The van der Waals surface area contributed by atoms with Gasteiger partial charge in [-0.05, 0) is 67.3 Å². The predicted molar refractivity (Wildman–Crippen MR) is 91.6 cm³/mol. The molecule has 22 heavy (non-hydrogen) atoms. The van der Waals surface area contributed by atoms with Crippen LogP contribution in [0, 0.1) is 22.7 Å². The lowest BCUT2D eigenvalue weighted by Crippen LogP contribution is -2.49. The van der Waals surface area contributed by atoms with E-state index in [2.05, 4.69) is 39.5 Å². The van der Waals surface area contributed by atoms with Gasteiger partial charge < -0.3 is 5.11 Å². The van der Waals surface area contributed by atoms with E-state index in [9.17, 15) is 4.79 Å². The molecule has 1 fully saturated rings. The fourth-order valence-electron chi connectivity index (χ4n) is 4.71. The molecule has 2 nitrogen and oxygen atoms in total. The van der Waals surface area contributed by atoms with Crippen molar-refractivity contribution in [1.29, 1.82) is 0 Å². The molecule has 0 radical (unpaired) electrons. The lowest BCUT2D eigenvalue weighted by Gasteiger charge is -2.57. The van der Waals surface area contributed by atoms with Gasteiger partial charge in [0.05, 0.1) is 0 Å². The molecular formula is C20H30O2. The molecule has 0 aliphatic heterocycles. The van der Waals surface area contributed by atoms with Crippen LogP contribution >= 0.6 is 0 Å². The van der Waals surface area contributed by atoms with Crippen molar-refractivity contribution in [3.05, 3.63) is 36.0 Å². The minimum atomic E-state index is -0.835. The zero-order valence-electron chi connectivity index (χ0n) is 14.5. The highest BCUT2D eigenvalue weighted by Crippen LogP contribution is 2.61. The van der Waals surface area contributed by atoms with E-state index in [1.54, 1.807) is 0 Å². The molecule has 4 unspecified atom stereocenters. The first-order chi connectivity index (χ1) is 10.2. The van der Waals surface area contributed by atoms with Crippen LogP contribution in [0.3, 0.4) is 0 Å². The van der Waals surface area contributed by atoms with Gasteiger partial charge in [0.25, 0.3) is 0 Å². The standard InChI is InChI=1S/C20H30O2/c1-14(13-18(21)22)9-11-19(4)16(3)10-12-20(5)15(2)7-6-8-17(19)20/h6-7,13,16-17H,2,8-12H2,1,3-5H3,(H,21,22). The van der Waals surface area contributed by atoms with E-state index in [0.717, 1.165) is 24.8 Å². The van der Waals surface area contributed by atoms with Crippen LogP contribution in [-0.2, 0) is 4.79 Å². The van der Waals surface area contributed by atoms with Crippen molar-refractivity contribution in [3.63, 3.8) is 0 Å². The van der Waals surface area contributed by atoms with Crippen molar-refractivity contribution in [2.45, 2.75) is 59.8 Å². The number of carbonyl (C=O) groups is 1. The van der Waals surface area contributed by atoms with Gasteiger partial charge in [-0.15, -0.1) is 0 Å². The van der Waals surface area contributed by atoms with E-state index < -0.39 is 5.97 Å². The van der Waals surface area contributed by atoms with Crippen LogP contribution in [0.5, 0.6) is 0 Å². The molecule has 0 aromatic heterocycles. The average molecular weight is 302 g/mol. The van der Waals surface area contributed by atoms with Crippen molar-refractivity contribution in [2.24, 2.45) is 22.7 Å². The second-order valence-corrected chi connectivity index (χ2v) is 7.91. The third kappa shape index (κ3) is 2.93. The fraction of sp³-hybridized carbons (Fsp3) is 0.650. The highest BCUT2D eigenvalue weighted by Gasteiger charge is 2.52. The largest absolute Gasteiger partial charge is 0.478 e. The molecule has 0 spiro atoms. The maximum atomic E-state index is 10.8. The van der Waals surface area contributed by atoms with E-state index >= 15 is 0 Å². The number of rotatable bonds is 4. The van der Waals surface area contributed by atoms with Crippen molar-refractivity contribution in [2.75, 3.05) is 0 Å². The molecule has 0 heterocycles. The SMILES string of the molecule is C=C1C=CCC2C1(C)CCC(C)C2(C)CCC(C)=CC(=O)O. The maximum absolute atomic E-state index is 10.8. The Hall–Kier alpha value is -1.31. The van der Waals surface area contributed by atoms with Crippen LogP contribution in [0.1, 0.15) is 59.8 Å². The summed E-state index contributed by atoms with van der Waals surface area (Å²) in [5.74, 6) is 0.444. The van der Waals surface area contributed by atoms with Crippen molar-refractivity contribution in [1.82, 2.24) is 0 Å². The van der Waals surface area contributed by atoms with Crippen LogP contribution in [-0.4, -0.2) is 11.1 Å². The van der Waals surface area contributed by atoms with Crippen LogP contribution in [0.2, 0.25) is 0 Å². The van der Waals surface area contributed by atoms with Crippen LogP contribution in [0.25, 0.3) is 0 Å². The first-order valence-corrected chi connectivity index (χ1v) is 8.46. The lowest BCUT2D eigenvalue weighted by molar-refractivity contribution is -0.131. The minimum absolute atomic E-state index is 0.209. The van der Waals surface area contributed by atoms with E-state index in [-0.39, 0.29) is 10.8 Å². The molecule has 0 saturated heterocycles. The zero-order valence-corrected chi connectivity index (χ0v) is 14.5. The third-order valence-corrected chi connectivity index (χ3v) is 6.64. The first kappa shape index (κ1) is 17.1. The average Bonchev–Trinajstić information content (AvgIpc) is 2.43. The minimum Gasteiger partial charge on any atom is -0.478 e. The lowest BCUT2D eigenvalue weighted by atomic mass is 9.47. The van der Waals surface area contributed by atoms with E-state index in [4.69, 9.17) is 5.11 Å². The molecule has 2 heteroatoms. The second-order valence-electron chi connectivity index (χ2n) is 7.91. The summed E-state index contributed by atoms with van der Waals surface area (Å²) in [6.07, 6.45) is 11.4. The number of carboxylic acids is 1. The molecule has 0 amide bonds. The zero-order chi connectivity index (χ0) is 16.5. The first-order valence-electron chi connectivity index (χ1n) is 8.46. The predicted octanol–water partition coefficient (Wildman–Crippen LogP) is 5.37. The van der Waals surface area contributed by atoms with E-state index in [1.807, 2.05) is 6.92 Å². The summed E-state index contributed by atoms with van der Waals surface area (Å²) in [6, 6.07) is 0. The van der Waals surface area contributed by atoms with Gasteiger partial charge >= 0.3 is 5.97 Å². The molecule has 0 aromatic rings. The Kier molecular flexibility index (Phi) is 4.70. The Bertz CT molecular complexity index is 528. The van der Waals surface area contributed by atoms with Gasteiger partial charge in [0.2, 0.25) is 0 Å². The molecule has 0 bridgehead atoms. The number of hydrogen-bond acceptors (Lipinski definition) is 1. The number of carboxylic acid groups (broad SMARTS) is 1. The van der Waals surface area contributed by atoms with Crippen LogP contribution in [0.15, 0.2) is 36.0 Å². The Morgan fingerprint density at radius 3 is 2.82 bits per heavy atom. The summed E-state index contributed by atoms with van der Waals surface area (Å²) < 4.78 is 0. The van der Waals surface area contributed by atoms with Gasteiger partial charge in [-0.1, -0.05) is 45.1 Å². The molecule has 1 N–H and O–H groups in total. The van der Waals surface area contributed by atoms with Gasteiger partial charge in [-0.3, -0.25) is 0 Å². The number of aliphatic carboxylic acids is 1. The topological polar surface area (TPSA) is 37.3 Å². The summed E-state index contributed by atoms with van der Waals surface area (Å²) in [4.78, 5) is 10.8. The maximum Gasteiger partial charge on any atom is 0.328 e. The van der Waals surface area contributed by atoms with Crippen LogP contribution in [0.4, 0.5) is 0 Å². The molecule has 1 saturated carbocycles. The van der Waals surface area contributed by atoms with Gasteiger partial charge in [0, 0.05) is 6.08 Å². The Morgan fingerprint density at radius 1 is 1.50 bits per heavy atom. The summed E-state index contributed by atoms with van der Waals surface area (Å²) in [6.45, 7) is 13.4. The number of allylic oxidation sites excluding steroid dienone is 4. The quantitative estimate of drug-likeness (QED) is 0.709. The van der Waals surface area contributed by atoms with Gasteiger partial charge in [-0.2, -0.15) is 0 Å².